The van der Waals surface area contributed by atoms with E-state index in [1.54, 1.807) is 6.92 Å². The van der Waals surface area contributed by atoms with Gasteiger partial charge in [-0.3, -0.25) is 4.79 Å². The average molecular weight is 333 g/mol. The summed E-state index contributed by atoms with van der Waals surface area (Å²) in [4.78, 5) is 12.0. The molecule has 0 aromatic heterocycles. The van der Waals surface area contributed by atoms with Crippen LogP contribution < -0.4 is 11.1 Å². The Labute approximate surface area is 127 Å². The summed E-state index contributed by atoms with van der Waals surface area (Å²) in [7, 11) is 0. The van der Waals surface area contributed by atoms with Gasteiger partial charge < -0.3 is 11.1 Å². The van der Waals surface area contributed by atoms with E-state index in [1.165, 1.54) is 0 Å². The molecule has 104 valence electrons. The van der Waals surface area contributed by atoms with Crippen molar-refractivity contribution in [2.45, 2.75) is 19.4 Å². The second-order valence-corrected chi connectivity index (χ2v) is 5.81. The number of benzene rings is 2. The van der Waals surface area contributed by atoms with E-state index in [4.69, 9.17) is 5.73 Å². The van der Waals surface area contributed by atoms with Crippen LogP contribution in [0.5, 0.6) is 0 Å². The Hall–Kier alpha value is -1.81. The number of carbonyl (C=O) groups is 1. The Kier molecular flexibility index (Phi) is 4.14. The Balaban J connectivity index is 2.43. The number of primary amides is 1. The van der Waals surface area contributed by atoms with E-state index in [-0.39, 0.29) is 0 Å². The summed E-state index contributed by atoms with van der Waals surface area (Å²) in [5.74, 6) is -0.426. The number of rotatable bonds is 4. The quantitative estimate of drug-likeness (QED) is 0.899. The van der Waals surface area contributed by atoms with E-state index < -0.39 is 11.4 Å². The van der Waals surface area contributed by atoms with E-state index in [9.17, 15) is 4.79 Å². The van der Waals surface area contributed by atoms with Crippen molar-refractivity contribution < 1.29 is 4.79 Å². The fraction of sp³-hybridized carbons (Fsp3) is 0.188. The third-order valence-corrected chi connectivity index (χ3v) is 4.04. The third kappa shape index (κ3) is 2.85. The standard InChI is InChI=1S/C16H17BrN2O/c1-11-7-9-12(10-8-11)19-16(2,15(18)20)13-5-3-4-6-14(13)17/h3-10,19H,1-2H3,(H2,18,20). The summed E-state index contributed by atoms with van der Waals surface area (Å²) in [6.07, 6.45) is 0. The van der Waals surface area contributed by atoms with Crippen molar-refractivity contribution >= 4 is 27.5 Å². The molecule has 2 aromatic rings. The lowest BCUT2D eigenvalue weighted by Crippen LogP contribution is -2.45. The molecular weight excluding hydrogens is 316 g/mol. The Morgan fingerprint density at radius 1 is 1.15 bits per heavy atom. The number of halogens is 1. The number of nitrogens with two attached hydrogens (primary N) is 1. The molecule has 0 spiro atoms. The molecule has 2 aromatic carbocycles. The number of carbonyl (C=O) groups excluding carboxylic acids is 1. The SMILES string of the molecule is Cc1ccc(NC(C)(C(N)=O)c2ccccc2Br)cc1. The molecule has 0 saturated heterocycles. The van der Waals surface area contributed by atoms with Crippen molar-refractivity contribution in [2.75, 3.05) is 5.32 Å². The van der Waals surface area contributed by atoms with Crippen LogP contribution in [0.25, 0.3) is 0 Å². The summed E-state index contributed by atoms with van der Waals surface area (Å²) >= 11 is 3.48. The van der Waals surface area contributed by atoms with E-state index in [0.29, 0.717) is 0 Å². The predicted molar refractivity (Wildman–Crippen MR) is 85.5 cm³/mol. The molecule has 0 bridgehead atoms. The molecule has 1 amide bonds. The van der Waals surface area contributed by atoms with Crippen molar-refractivity contribution in [1.29, 1.82) is 0 Å². The molecule has 0 aliphatic carbocycles. The molecule has 1 unspecified atom stereocenters. The zero-order valence-electron chi connectivity index (χ0n) is 11.5. The number of hydrogen-bond donors (Lipinski definition) is 2. The molecule has 1 atom stereocenters. The van der Waals surface area contributed by atoms with Crippen LogP contribution in [0.2, 0.25) is 0 Å². The lowest BCUT2D eigenvalue weighted by atomic mass is 9.90. The van der Waals surface area contributed by atoms with Gasteiger partial charge in [0.25, 0.3) is 0 Å². The summed E-state index contributed by atoms with van der Waals surface area (Å²) < 4.78 is 0.848. The minimum atomic E-state index is -0.977. The summed E-state index contributed by atoms with van der Waals surface area (Å²) in [6.45, 7) is 3.81. The summed E-state index contributed by atoms with van der Waals surface area (Å²) in [5, 5.41) is 3.23. The molecule has 0 fully saturated rings. The molecule has 3 nitrogen and oxygen atoms in total. The first-order chi connectivity index (χ1) is 9.43. The Morgan fingerprint density at radius 3 is 2.30 bits per heavy atom. The van der Waals surface area contributed by atoms with E-state index in [0.717, 1.165) is 21.3 Å². The van der Waals surface area contributed by atoms with Crippen molar-refractivity contribution in [3.8, 4) is 0 Å². The van der Waals surface area contributed by atoms with Crippen LogP contribution in [-0.4, -0.2) is 5.91 Å². The number of hydrogen-bond acceptors (Lipinski definition) is 2. The summed E-state index contributed by atoms with van der Waals surface area (Å²) in [5.41, 5.74) is 7.48. The minimum absolute atomic E-state index is 0.426. The monoisotopic (exact) mass is 332 g/mol. The number of aryl methyl sites for hydroxylation is 1. The maximum Gasteiger partial charge on any atom is 0.247 e. The smallest absolute Gasteiger partial charge is 0.247 e. The van der Waals surface area contributed by atoms with Gasteiger partial charge in [0.05, 0.1) is 0 Å². The molecule has 0 aliphatic rings. The van der Waals surface area contributed by atoms with Crippen LogP contribution in [0, 0.1) is 6.92 Å². The van der Waals surface area contributed by atoms with Gasteiger partial charge in [0.15, 0.2) is 0 Å². The zero-order chi connectivity index (χ0) is 14.8. The molecule has 2 rings (SSSR count). The van der Waals surface area contributed by atoms with Crippen LogP contribution in [0.15, 0.2) is 53.0 Å². The van der Waals surface area contributed by atoms with Gasteiger partial charge in [-0.2, -0.15) is 0 Å². The van der Waals surface area contributed by atoms with Gasteiger partial charge in [-0.15, -0.1) is 0 Å². The molecule has 0 aliphatic heterocycles. The van der Waals surface area contributed by atoms with Crippen LogP contribution in [0.3, 0.4) is 0 Å². The molecule has 3 N–H and O–H groups in total. The fourth-order valence-electron chi connectivity index (χ4n) is 2.05. The molecule has 0 saturated carbocycles. The normalized spacial score (nSPS) is 13.6. The van der Waals surface area contributed by atoms with Crippen LogP contribution in [0.4, 0.5) is 5.69 Å². The van der Waals surface area contributed by atoms with E-state index in [2.05, 4.69) is 21.2 Å². The highest BCUT2D eigenvalue weighted by molar-refractivity contribution is 9.10. The lowest BCUT2D eigenvalue weighted by Gasteiger charge is -2.30. The predicted octanol–water partition coefficient (Wildman–Crippen LogP) is 3.57. The van der Waals surface area contributed by atoms with Gasteiger partial charge in [-0.1, -0.05) is 51.8 Å². The van der Waals surface area contributed by atoms with Crippen LogP contribution in [0.1, 0.15) is 18.1 Å². The first-order valence-electron chi connectivity index (χ1n) is 6.33. The number of anilines is 1. The first kappa shape index (κ1) is 14.6. The maximum atomic E-state index is 12.0. The highest BCUT2D eigenvalue weighted by Crippen LogP contribution is 2.31. The second kappa shape index (κ2) is 5.67. The van der Waals surface area contributed by atoms with Gasteiger partial charge in [0.2, 0.25) is 5.91 Å². The van der Waals surface area contributed by atoms with E-state index >= 15 is 0 Å². The molecule has 20 heavy (non-hydrogen) atoms. The third-order valence-electron chi connectivity index (χ3n) is 3.35. The van der Waals surface area contributed by atoms with Crippen LogP contribution >= 0.6 is 15.9 Å². The van der Waals surface area contributed by atoms with Gasteiger partial charge in [-0.05, 0) is 32.0 Å². The summed E-state index contributed by atoms with van der Waals surface area (Å²) in [6, 6.07) is 15.4. The largest absolute Gasteiger partial charge is 0.368 e. The number of amides is 1. The zero-order valence-corrected chi connectivity index (χ0v) is 13.1. The van der Waals surface area contributed by atoms with Gasteiger partial charge in [-0.25, -0.2) is 0 Å². The second-order valence-electron chi connectivity index (χ2n) is 4.96. The van der Waals surface area contributed by atoms with Gasteiger partial charge in [0.1, 0.15) is 5.54 Å². The Morgan fingerprint density at radius 2 is 1.75 bits per heavy atom. The van der Waals surface area contributed by atoms with Gasteiger partial charge in [0, 0.05) is 15.7 Å². The maximum absolute atomic E-state index is 12.0. The molecule has 4 heteroatoms. The molecular formula is C16H17BrN2O. The highest BCUT2D eigenvalue weighted by atomic mass is 79.9. The van der Waals surface area contributed by atoms with Crippen molar-refractivity contribution in [3.63, 3.8) is 0 Å². The minimum Gasteiger partial charge on any atom is -0.368 e. The fourth-order valence-corrected chi connectivity index (χ4v) is 2.74. The topological polar surface area (TPSA) is 55.1 Å². The van der Waals surface area contributed by atoms with Crippen molar-refractivity contribution in [2.24, 2.45) is 5.73 Å². The first-order valence-corrected chi connectivity index (χ1v) is 7.12. The number of nitrogens with one attached hydrogen (secondary N) is 1. The lowest BCUT2D eigenvalue weighted by molar-refractivity contribution is -0.122. The average Bonchev–Trinajstić information content (AvgIpc) is 2.41. The van der Waals surface area contributed by atoms with Crippen molar-refractivity contribution in [1.82, 2.24) is 0 Å². The molecule has 0 heterocycles. The van der Waals surface area contributed by atoms with Crippen molar-refractivity contribution in [3.05, 3.63) is 64.1 Å². The van der Waals surface area contributed by atoms with E-state index in [1.807, 2.05) is 55.5 Å². The van der Waals surface area contributed by atoms with Gasteiger partial charge >= 0.3 is 0 Å². The molecule has 0 radical (unpaired) electrons. The Bertz CT molecular complexity index is 625. The van der Waals surface area contributed by atoms with Crippen LogP contribution in [-0.2, 0) is 10.3 Å². The highest BCUT2D eigenvalue weighted by Gasteiger charge is 2.34.